The number of hydrogen-bond donors (Lipinski definition) is 0. The third-order valence-electron chi connectivity index (χ3n) is 3.15. The quantitative estimate of drug-likeness (QED) is 0.475. The Morgan fingerprint density at radius 2 is 2.15 bits per heavy atom. The molecule has 3 rings (SSSR count). The maximum absolute atomic E-state index is 10.9. The number of halogens is 2. The number of nitrogens with zero attached hydrogens (tertiary/aromatic N) is 4. The van der Waals surface area contributed by atoms with E-state index < -0.39 is 4.92 Å². The van der Waals surface area contributed by atoms with Gasteiger partial charge in [-0.3, -0.25) is 10.1 Å². The lowest BCUT2D eigenvalue weighted by atomic mass is 10.2. The molecule has 0 N–H and O–H groups in total. The first-order valence-electron chi connectivity index (χ1n) is 6.05. The van der Waals surface area contributed by atoms with Crippen molar-refractivity contribution in [3.8, 4) is 11.4 Å². The Hall–Kier alpha value is -1.47. The minimum absolute atomic E-state index is 0.0205. The van der Waals surface area contributed by atoms with Gasteiger partial charge in [0, 0.05) is 28.2 Å². The van der Waals surface area contributed by atoms with Crippen molar-refractivity contribution in [2.45, 2.75) is 24.8 Å². The molecule has 6 nitrogen and oxygen atoms in total. The molecule has 0 amide bonds. The lowest BCUT2D eigenvalue weighted by molar-refractivity contribution is -0.384. The number of aromatic nitrogens is 3. The summed E-state index contributed by atoms with van der Waals surface area (Å²) in [4.78, 5) is 10.5. The molecule has 0 unspecified atom stereocenters. The van der Waals surface area contributed by atoms with Crippen LogP contribution >= 0.6 is 27.5 Å². The van der Waals surface area contributed by atoms with Crippen LogP contribution in [-0.2, 0) is 5.88 Å². The SMILES string of the molecule is O=[N+]([O-])c1cc(Br)cc(-c2nnc(CCl)n2C2CC2)c1. The molecule has 1 aliphatic rings. The monoisotopic (exact) mass is 356 g/mol. The van der Waals surface area contributed by atoms with Crippen molar-refractivity contribution < 1.29 is 4.92 Å². The summed E-state index contributed by atoms with van der Waals surface area (Å²) in [6.45, 7) is 0. The fourth-order valence-electron chi connectivity index (χ4n) is 2.14. The highest BCUT2D eigenvalue weighted by atomic mass is 79.9. The van der Waals surface area contributed by atoms with Crippen LogP contribution in [0.1, 0.15) is 24.7 Å². The molecule has 8 heteroatoms. The second kappa shape index (κ2) is 5.14. The van der Waals surface area contributed by atoms with Crippen LogP contribution in [0.4, 0.5) is 5.69 Å². The molecule has 20 heavy (non-hydrogen) atoms. The van der Waals surface area contributed by atoms with Crippen molar-refractivity contribution in [3.63, 3.8) is 0 Å². The van der Waals surface area contributed by atoms with E-state index in [1.165, 1.54) is 12.1 Å². The van der Waals surface area contributed by atoms with Crippen molar-refractivity contribution in [2.24, 2.45) is 0 Å². The molecule has 1 fully saturated rings. The van der Waals surface area contributed by atoms with E-state index in [1.807, 2.05) is 4.57 Å². The van der Waals surface area contributed by atoms with E-state index in [9.17, 15) is 10.1 Å². The molecule has 1 aliphatic carbocycles. The average Bonchev–Trinajstić information content (AvgIpc) is 3.16. The van der Waals surface area contributed by atoms with Crippen LogP contribution in [0.25, 0.3) is 11.4 Å². The van der Waals surface area contributed by atoms with Gasteiger partial charge in [0.05, 0.1) is 10.8 Å². The standard InChI is InChI=1S/C12H10BrClN4O2/c13-8-3-7(4-10(5-8)18(19)20)12-16-15-11(6-14)17(12)9-1-2-9/h3-5,9H,1-2,6H2. The highest BCUT2D eigenvalue weighted by Gasteiger charge is 2.30. The average molecular weight is 358 g/mol. The van der Waals surface area contributed by atoms with Gasteiger partial charge in [-0.2, -0.15) is 0 Å². The van der Waals surface area contributed by atoms with Gasteiger partial charge in [-0.1, -0.05) is 15.9 Å². The maximum Gasteiger partial charge on any atom is 0.271 e. The molecule has 1 aromatic heterocycles. The zero-order chi connectivity index (χ0) is 14.3. The smallest absolute Gasteiger partial charge is 0.271 e. The molecule has 1 saturated carbocycles. The van der Waals surface area contributed by atoms with Crippen LogP contribution in [0, 0.1) is 10.1 Å². The molecule has 1 aromatic carbocycles. The van der Waals surface area contributed by atoms with Gasteiger partial charge >= 0.3 is 0 Å². The highest BCUT2D eigenvalue weighted by molar-refractivity contribution is 9.10. The van der Waals surface area contributed by atoms with Gasteiger partial charge in [0.15, 0.2) is 5.82 Å². The van der Waals surface area contributed by atoms with Gasteiger partial charge in [-0.25, -0.2) is 0 Å². The first-order valence-corrected chi connectivity index (χ1v) is 7.38. The van der Waals surface area contributed by atoms with Gasteiger partial charge in [-0.05, 0) is 18.9 Å². The summed E-state index contributed by atoms with van der Waals surface area (Å²) in [6.07, 6.45) is 2.12. The number of hydrogen-bond acceptors (Lipinski definition) is 4. The minimum Gasteiger partial charge on any atom is -0.307 e. The third-order valence-corrected chi connectivity index (χ3v) is 3.85. The van der Waals surface area contributed by atoms with Gasteiger partial charge in [0.1, 0.15) is 5.82 Å². The fraction of sp³-hybridized carbons (Fsp3) is 0.333. The fourth-order valence-corrected chi connectivity index (χ4v) is 2.80. The Bertz CT molecular complexity index is 684. The third kappa shape index (κ3) is 2.43. The van der Waals surface area contributed by atoms with Crippen LogP contribution in [0.5, 0.6) is 0 Å². The van der Waals surface area contributed by atoms with Crippen LogP contribution in [0.15, 0.2) is 22.7 Å². The molecular weight excluding hydrogens is 348 g/mol. The van der Waals surface area contributed by atoms with Gasteiger partial charge in [0.2, 0.25) is 0 Å². The van der Waals surface area contributed by atoms with Gasteiger partial charge < -0.3 is 4.57 Å². The summed E-state index contributed by atoms with van der Waals surface area (Å²) >= 11 is 9.17. The van der Waals surface area contributed by atoms with Crippen LogP contribution in [0.3, 0.4) is 0 Å². The van der Waals surface area contributed by atoms with Gasteiger partial charge in [0.25, 0.3) is 5.69 Å². The molecule has 2 aromatic rings. The van der Waals surface area contributed by atoms with Crippen LogP contribution in [-0.4, -0.2) is 19.7 Å². The zero-order valence-electron chi connectivity index (χ0n) is 10.3. The van der Waals surface area contributed by atoms with E-state index in [2.05, 4.69) is 26.1 Å². The normalized spacial score (nSPS) is 14.5. The molecule has 0 spiro atoms. The van der Waals surface area contributed by atoms with Crippen molar-refractivity contribution in [2.75, 3.05) is 0 Å². The first kappa shape index (κ1) is 13.5. The van der Waals surface area contributed by atoms with E-state index in [-0.39, 0.29) is 11.6 Å². The molecule has 0 radical (unpaired) electrons. The molecule has 0 atom stereocenters. The summed E-state index contributed by atoms with van der Waals surface area (Å²) in [5.41, 5.74) is 0.689. The second-order valence-electron chi connectivity index (χ2n) is 4.63. The number of benzene rings is 1. The maximum atomic E-state index is 10.9. The zero-order valence-corrected chi connectivity index (χ0v) is 12.6. The Morgan fingerprint density at radius 1 is 1.40 bits per heavy atom. The summed E-state index contributed by atoms with van der Waals surface area (Å²) in [6, 6.07) is 5.12. The summed E-state index contributed by atoms with van der Waals surface area (Å²) < 4.78 is 2.62. The predicted octanol–water partition coefficient (Wildman–Crippen LogP) is 3.69. The topological polar surface area (TPSA) is 73.8 Å². The minimum atomic E-state index is -0.422. The highest BCUT2D eigenvalue weighted by Crippen LogP contribution is 2.40. The second-order valence-corrected chi connectivity index (χ2v) is 5.81. The van der Waals surface area contributed by atoms with E-state index in [4.69, 9.17) is 11.6 Å². The number of nitro benzene ring substituents is 1. The Kier molecular flexibility index (Phi) is 3.47. The summed E-state index contributed by atoms with van der Waals surface area (Å²) in [7, 11) is 0. The molecule has 0 saturated heterocycles. The molecular formula is C12H10BrClN4O2. The van der Waals surface area contributed by atoms with E-state index >= 15 is 0 Å². The Balaban J connectivity index is 2.13. The Labute approximate surface area is 128 Å². The van der Waals surface area contributed by atoms with Crippen molar-refractivity contribution in [1.29, 1.82) is 0 Å². The largest absolute Gasteiger partial charge is 0.307 e. The van der Waals surface area contributed by atoms with Crippen molar-refractivity contribution >= 4 is 33.2 Å². The van der Waals surface area contributed by atoms with Crippen molar-refractivity contribution in [3.05, 3.63) is 38.6 Å². The lowest BCUT2D eigenvalue weighted by Crippen LogP contribution is -2.02. The predicted molar refractivity (Wildman–Crippen MR) is 77.6 cm³/mol. The van der Waals surface area contributed by atoms with E-state index in [0.717, 1.165) is 12.8 Å². The van der Waals surface area contributed by atoms with Gasteiger partial charge in [-0.15, -0.1) is 21.8 Å². The van der Waals surface area contributed by atoms with Crippen molar-refractivity contribution in [1.82, 2.24) is 14.8 Å². The van der Waals surface area contributed by atoms with Crippen LogP contribution < -0.4 is 0 Å². The Morgan fingerprint density at radius 3 is 2.75 bits per heavy atom. The number of nitro groups is 1. The van der Waals surface area contributed by atoms with Crippen LogP contribution in [0.2, 0.25) is 0 Å². The molecule has 0 aliphatic heterocycles. The summed E-state index contributed by atoms with van der Waals surface area (Å²) in [5.74, 6) is 1.61. The summed E-state index contributed by atoms with van der Waals surface area (Å²) in [5, 5.41) is 19.2. The number of non-ortho nitro benzene ring substituents is 1. The van der Waals surface area contributed by atoms with E-state index in [1.54, 1.807) is 6.07 Å². The number of rotatable bonds is 4. The van der Waals surface area contributed by atoms with E-state index in [0.29, 0.717) is 27.7 Å². The lowest BCUT2D eigenvalue weighted by Gasteiger charge is -2.08. The molecule has 104 valence electrons. The molecule has 1 heterocycles. The molecule has 0 bridgehead atoms. The number of alkyl halides is 1. The first-order chi connectivity index (χ1) is 9.60.